The van der Waals surface area contributed by atoms with Gasteiger partial charge in [0, 0.05) is 24.2 Å². The molecule has 2 aromatic heterocycles. The monoisotopic (exact) mass is 668 g/mol. The van der Waals surface area contributed by atoms with Gasteiger partial charge in [0.25, 0.3) is 11.8 Å². The van der Waals surface area contributed by atoms with Crippen LogP contribution in [0.3, 0.4) is 0 Å². The van der Waals surface area contributed by atoms with Gasteiger partial charge in [-0.1, -0.05) is 64.8 Å². The van der Waals surface area contributed by atoms with Crippen LogP contribution >= 0.6 is 0 Å². The van der Waals surface area contributed by atoms with Gasteiger partial charge in [0.15, 0.2) is 0 Å². The molecule has 4 aromatic rings. The Kier molecular flexibility index (Phi) is 13.7. The van der Waals surface area contributed by atoms with Gasteiger partial charge in [-0.3, -0.25) is 19.2 Å². The van der Waals surface area contributed by atoms with E-state index in [-0.39, 0.29) is 35.5 Å². The molecular weight excluding hydrogens is 620 g/mol. The first-order valence-corrected chi connectivity index (χ1v) is 17.1. The molecule has 0 saturated heterocycles. The fraction of sp³-hybridized carbons (Fsp3) is 0.405. The summed E-state index contributed by atoms with van der Waals surface area (Å²) in [6, 6.07) is 13.0. The van der Waals surface area contributed by atoms with E-state index < -0.39 is 12.1 Å². The van der Waals surface area contributed by atoms with Crippen LogP contribution in [0.5, 0.6) is 0 Å². The van der Waals surface area contributed by atoms with Crippen LogP contribution in [0.1, 0.15) is 80.5 Å². The first kappa shape index (κ1) is 36.6. The topological polar surface area (TPSA) is 174 Å². The van der Waals surface area contributed by atoms with E-state index in [4.69, 9.17) is 0 Å². The third kappa shape index (κ3) is 10.4. The second kappa shape index (κ2) is 18.3. The molecule has 0 radical (unpaired) electrons. The number of H-pyrrole nitrogens is 2. The summed E-state index contributed by atoms with van der Waals surface area (Å²) in [7, 11) is 0. The van der Waals surface area contributed by atoms with Crippen molar-refractivity contribution in [2.24, 2.45) is 11.8 Å². The largest absolute Gasteiger partial charge is 0.354 e. The Morgan fingerprint density at radius 1 is 0.612 bits per heavy atom. The first-order valence-electron chi connectivity index (χ1n) is 17.1. The molecule has 2 unspecified atom stereocenters. The van der Waals surface area contributed by atoms with Crippen molar-refractivity contribution in [3.63, 3.8) is 0 Å². The number of benzene rings is 2. The maximum atomic E-state index is 13.1. The number of unbranched alkanes of at least 4 members (excludes halogenated alkanes) is 2. The molecule has 2 heterocycles. The van der Waals surface area contributed by atoms with Crippen molar-refractivity contribution in [3.05, 3.63) is 84.7 Å². The van der Waals surface area contributed by atoms with E-state index in [1.54, 1.807) is 49.3 Å². The van der Waals surface area contributed by atoms with Crippen LogP contribution in [0.15, 0.2) is 73.6 Å². The predicted molar refractivity (Wildman–Crippen MR) is 189 cm³/mol. The molecule has 6 N–H and O–H groups in total. The van der Waals surface area contributed by atoms with E-state index in [2.05, 4.69) is 41.2 Å². The van der Waals surface area contributed by atoms with Crippen molar-refractivity contribution in [3.8, 4) is 22.5 Å². The second-order valence-corrected chi connectivity index (χ2v) is 12.4. The number of carbonyl (C=O) groups excluding carboxylic acids is 4. The van der Waals surface area contributed by atoms with Gasteiger partial charge in [-0.05, 0) is 66.5 Å². The molecular formula is C37H48N8O4. The van der Waals surface area contributed by atoms with Gasteiger partial charge in [0.1, 0.15) is 12.1 Å². The Bertz CT molecular complexity index is 1500. The van der Waals surface area contributed by atoms with E-state index >= 15 is 0 Å². The lowest BCUT2D eigenvalue weighted by atomic mass is 9.97. The maximum Gasteiger partial charge on any atom is 0.251 e. The first-order chi connectivity index (χ1) is 23.7. The number of amides is 4. The SMILES string of the molecule is CCC(C)[C@H](NC(=O)c1ccc(-c2cnc[nH]2)cc1)C(=O)NCCCCCNC(=O)[C@@H](NC(=O)c1ccc(-c2cnc[nH]2)cc1)C(C)CC. The van der Waals surface area contributed by atoms with Crippen molar-refractivity contribution in [2.75, 3.05) is 13.1 Å². The van der Waals surface area contributed by atoms with Gasteiger partial charge < -0.3 is 31.2 Å². The minimum Gasteiger partial charge on any atom is -0.354 e. The van der Waals surface area contributed by atoms with Crippen LogP contribution < -0.4 is 21.3 Å². The number of aromatic nitrogens is 4. The highest BCUT2D eigenvalue weighted by molar-refractivity contribution is 5.98. The Labute approximate surface area is 287 Å². The Balaban J connectivity index is 1.18. The van der Waals surface area contributed by atoms with Crippen molar-refractivity contribution < 1.29 is 19.2 Å². The molecule has 12 heteroatoms. The zero-order chi connectivity index (χ0) is 35.2. The van der Waals surface area contributed by atoms with Gasteiger partial charge in [-0.15, -0.1) is 0 Å². The molecule has 0 spiro atoms. The minimum atomic E-state index is -0.661. The average molecular weight is 669 g/mol. The molecule has 0 aliphatic carbocycles. The number of aromatic amines is 2. The summed E-state index contributed by atoms with van der Waals surface area (Å²) in [6.45, 7) is 8.78. The molecule has 49 heavy (non-hydrogen) atoms. The molecule has 4 atom stereocenters. The number of carbonyl (C=O) groups is 4. The van der Waals surface area contributed by atoms with E-state index in [1.165, 1.54) is 0 Å². The number of rotatable bonds is 18. The van der Waals surface area contributed by atoms with Crippen molar-refractivity contribution in [2.45, 2.75) is 71.9 Å². The average Bonchev–Trinajstić information content (AvgIpc) is 3.87. The van der Waals surface area contributed by atoms with E-state index in [9.17, 15) is 19.2 Å². The van der Waals surface area contributed by atoms with Gasteiger partial charge in [0.05, 0.1) is 36.4 Å². The van der Waals surface area contributed by atoms with Crippen LogP contribution in [-0.2, 0) is 9.59 Å². The van der Waals surface area contributed by atoms with Crippen molar-refractivity contribution in [1.29, 1.82) is 0 Å². The predicted octanol–water partition coefficient (Wildman–Crippen LogP) is 4.86. The molecule has 2 aromatic carbocycles. The summed E-state index contributed by atoms with van der Waals surface area (Å²) in [4.78, 5) is 66.3. The van der Waals surface area contributed by atoms with Crippen molar-refractivity contribution >= 4 is 23.6 Å². The fourth-order valence-corrected chi connectivity index (χ4v) is 5.35. The van der Waals surface area contributed by atoms with Crippen LogP contribution in [-0.4, -0.2) is 68.7 Å². The number of hydrogen-bond acceptors (Lipinski definition) is 6. The lowest BCUT2D eigenvalue weighted by molar-refractivity contribution is -0.124. The smallest absolute Gasteiger partial charge is 0.251 e. The quantitative estimate of drug-likeness (QED) is 0.0826. The summed E-state index contributed by atoms with van der Waals surface area (Å²) >= 11 is 0. The molecule has 260 valence electrons. The van der Waals surface area contributed by atoms with E-state index in [1.807, 2.05) is 52.0 Å². The molecule has 0 aliphatic rings. The highest BCUT2D eigenvalue weighted by Crippen LogP contribution is 2.19. The molecule has 0 saturated carbocycles. The highest BCUT2D eigenvalue weighted by atomic mass is 16.2. The van der Waals surface area contributed by atoms with Crippen molar-refractivity contribution in [1.82, 2.24) is 41.2 Å². The number of nitrogens with one attached hydrogen (secondary N) is 6. The second-order valence-electron chi connectivity index (χ2n) is 12.4. The number of nitrogens with zero attached hydrogens (tertiary/aromatic N) is 2. The Morgan fingerprint density at radius 2 is 1.00 bits per heavy atom. The summed E-state index contributed by atoms with van der Waals surface area (Å²) in [5, 5.41) is 11.8. The summed E-state index contributed by atoms with van der Waals surface area (Å²) < 4.78 is 0. The lowest BCUT2D eigenvalue weighted by Crippen LogP contribution is -2.50. The van der Waals surface area contributed by atoms with Crippen LogP contribution in [0.2, 0.25) is 0 Å². The summed E-state index contributed by atoms with van der Waals surface area (Å²) in [6.07, 6.45) is 10.3. The zero-order valence-corrected chi connectivity index (χ0v) is 28.7. The summed E-state index contributed by atoms with van der Waals surface area (Å²) in [5.74, 6) is -1.14. The minimum absolute atomic E-state index is 0.0521. The van der Waals surface area contributed by atoms with Gasteiger partial charge in [-0.25, -0.2) is 9.97 Å². The van der Waals surface area contributed by atoms with Crippen LogP contribution in [0.4, 0.5) is 0 Å². The standard InChI is InChI=1S/C37H48N8O4/c1-5-24(3)32(44-34(46)28-14-10-26(11-15-28)30-20-38-22-42-30)36(48)40-18-8-7-9-19-41-37(49)33(25(4)6-2)45-35(47)29-16-12-27(13-17-29)31-21-39-23-43-31/h10-17,20-25,32-33H,5-9,18-19H2,1-4H3,(H,38,42)(H,39,43)(H,40,48)(H,41,49)(H,44,46)(H,45,47)/t24?,25?,32-,33-/m0/s1. The Morgan fingerprint density at radius 3 is 1.33 bits per heavy atom. The Hall–Kier alpha value is -5.26. The van der Waals surface area contributed by atoms with Crippen LogP contribution in [0.25, 0.3) is 22.5 Å². The third-order valence-electron chi connectivity index (χ3n) is 8.93. The molecule has 0 bridgehead atoms. The molecule has 0 aliphatic heterocycles. The molecule has 4 amide bonds. The number of hydrogen-bond donors (Lipinski definition) is 6. The lowest BCUT2D eigenvalue weighted by Gasteiger charge is -2.24. The molecule has 4 rings (SSSR count). The van der Waals surface area contributed by atoms with Gasteiger partial charge in [0.2, 0.25) is 11.8 Å². The highest BCUT2D eigenvalue weighted by Gasteiger charge is 2.27. The van der Waals surface area contributed by atoms with Gasteiger partial charge >= 0.3 is 0 Å². The normalized spacial score (nSPS) is 13.5. The van der Waals surface area contributed by atoms with E-state index in [0.717, 1.165) is 54.6 Å². The third-order valence-corrected chi connectivity index (χ3v) is 8.93. The van der Waals surface area contributed by atoms with Crippen LogP contribution in [0, 0.1) is 11.8 Å². The number of imidazole rings is 2. The molecule has 12 nitrogen and oxygen atoms in total. The zero-order valence-electron chi connectivity index (χ0n) is 28.7. The summed E-state index contributed by atoms with van der Waals surface area (Å²) in [5.41, 5.74) is 4.49. The maximum absolute atomic E-state index is 13.1. The fourth-order valence-electron chi connectivity index (χ4n) is 5.35. The van der Waals surface area contributed by atoms with Gasteiger partial charge in [-0.2, -0.15) is 0 Å². The van der Waals surface area contributed by atoms with E-state index in [0.29, 0.717) is 24.2 Å². The molecule has 0 fully saturated rings.